The maximum Gasteiger partial charge on any atom is 0.134 e. The van der Waals surface area contributed by atoms with E-state index in [2.05, 4.69) is 13.8 Å². The molecule has 2 N–H and O–H groups in total. The molecule has 0 amide bonds. The van der Waals surface area contributed by atoms with Crippen molar-refractivity contribution >= 4 is 5.78 Å². The van der Waals surface area contributed by atoms with Crippen LogP contribution in [0.15, 0.2) is 0 Å². The van der Waals surface area contributed by atoms with Crippen molar-refractivity contribution in [2.45, 2.75) is 45.6 Å². The van der Waals surface area contributed by atoms with Gasteiger partial charge in [-0.3, -0.25) is 4.79 Å². The predicted molar refractivity (Wildman–Crippen MR) is 49.8 cm³/mol. The van der Waals surface area contributed by atoms with Gasteiger partial charge in [0.1, 0.15) is 5.78 Å². The zero-order valence-corrected chi connectivity index (χ0v) is 8.05. The molecule has 1 fully saturated rings. The van der Waals surface area contributed by atoms with E-state index in [1.165, 1.54) is 12.8 Å². The van der Waals surface area contributed by atoms with Crippen molar-refractivity contribution in [3.63, 3.8) is 0 Å². The van der Waals surface area contributed by atoms with Gasteiger partial charge in [0, 0.05) is 18.9 Å². The molecule has 0 spiro atoms. The van der Waals surface area contributed by atoms with E-state index in [0.29, 0.717) is 24.0 Å². The minimum absolute atomic E-state index is 0.0660. The van der Waals surface area contributed by atoms with Gasteiger partial charge in [-0.05, 0) is 24.7 Å². The van der Waals surface area contributed by atoms with Crippen LogP contribution >= 0.6 is 0 Å². The lowest BCUT2D eigenvalue weighted by Gasteiger charge is -2.13. The highest BCUT2D eigenvalue weighted by molar-refractivity contribution is 5.79. The molecular weight excluding hydrogens is 150 g/mol. The zero-order chi connectivity index (χ0) is 9.14. The normalized spacial score (nSPS) is 19.7. The van der Waals surface area contributed by atoms with Gasteiger partial charge in [0.05, 0.1) is 0 Å². The van der Waals surface area contributed by atoms with E-state index >= 15 is 0 Å². The second-order valence-electron chi connectivity index (χ2n) is 4.30. The maximum atomic E-state index is 11.3. The fourth-order valence-electron chi connectivity index (χ4n) is 1.23. The monoisotopic (exact) mass is 169 g/mol. The van der Waals surface area contributed by atoms with E-state index in [-0.39, 0.29) is 6.04 Å². The summed E-state index contributed by atoms with van der Waals surface area (Å²) >= 11 is 0. The van der Waals surface area contributed by atoms with Crippen molar-refractivity contribution in [1.82, 2.24) is 0 Å². The summed E-state index contributed by atoms with van der Waals surface area (Å²) in [6.07, 6.45) is 3.86. The van der Waals surface area contributed by atoms with Gasteiger partial charge in [-0.25, -0.2) is 0 Å². The minimum Gasteiger partial charge on any atom is -0.327 e. The van der Waals surface area contributed by atoms with Gasteiger partial charge in [0.25, 0.3) is 0 Å². The number of hydrogen-bond acceptors (Lipinski definition) is 2. The number of hydrogen-bond donors (Lipinski definition) is 1. The molecule has 2 heteroatoms. The third-order valence-corrected chi connectivity index (χ3v) is 2.53. The second kappa shape index (κ2) is 4.04. The fourth-order valence-corrected chi connectivity index (χ4v) is 1.23. The van der Waals surface area contributed by atoms with Crippen LogP contribution < -0.4 is 5.73 Å². The summed E-state index contributed by atoms with van der Waals surface area (Å²) in [6, 6.07) is 0.0660. The molecule has 1 aliphatic carbocycles. The Morgan fingerprint density at radius 2 is 2.08 bits per heavy atom. The van der Waals surface area contributed by atoms with Crippen LogP contribution in [0.25, 0.3) is 0 Å². The van der Waals surface area contributed by atoms with Crippen molar-refractivity contribution < 1.29 is 4.79 Å². The lowest BCUT2D eigenvalue weighted by molar-refractivity contribution is -0.119. The Hall–Kier alpha value is -0.370. The van der Waals surface area contributed by atoms with Crippen LogP contribution in [0, 0.1) is 11.8 Å². The second-order valence-corrected chi connectivity index (χ2v) is 4.30. The van der Waals surface area contributed by atoms with E-state index in [1.807, 2.05) is 0 Å². The molecule has 1 atom stereocenters. The molecule has 12 heavy (non-hydrogen) atoms. The number of rotatable bonds is 5. The molecule has 1 saturated carbocycles. The van der Waals surface area contributed by atoms with Crippen LogP contribution in [-0.4, -0.2) is 11.8 Å². The standard InChI is InChI=1S/C10H19NO/c1-7(2)10(11)6-9(12)5-8-3-4-8/h7-8,10H,3-6,11H2,1-2H3. The van der Waals surface area contributed by atoms with Crippen LogP contribution in [0.1, 0.15) is 39.5 Å². The molecule has 0 radical (unpaired) electrons. The van der Waals surface area contributed by atoms with Crippen molar-refractivity contribution in [3.05, 3.63) is 0 Å². The molecule has 0 bridgehead atoms. The molecule has 1 unspecified atom stereocenters. The van der Waals surface area contributed by atoms with Gasteiger partial charge in [-0.1, -0.05) is 13.8 Å². The number of nitrogens with two attached hydrogens (primary N) is 1. The van der Waals surface area contributed by atoms with Gasteiger partial charge in [-0.15, -0.1) is 0 Å². The summed E-state index contributed by atoms with van der Waals surface area (Å²) < 4.78 is 0. The van der Waals surface area contributed by atoms with Crippen molar-refractivity contribution in [1.29, 1.82) is 0 Å². The largest absolute Gasteiger partial charge is 0.327 e. The summed E-state index contributed by atoms with van der Waals surface area (Å²) in [4.78, 5) is 11.3. The topological polar surface area (TPSA) is 43.1 Å². The molecular formula is C10H19NO. The van der Waals surface area contributed by atoms with Crippen LogP contribution in [0.5, 0.6) is 0 Å². The summed E-state index contributed by atoms with van der Waals surface area (Å²) in [5, 5.41) is 0. The minimum atomic E-state index is 0.0660. The van der Waals surface area contributed by atoms with Gasteiger partial charge >= 0.3 is 0 Å². The third kappa shape index (κ3) is 3.35. The zero-order valence-electron chi connectivity index (χ0n) is 8.05. The van der Waals surface area contributed by atoms with E-state index < -0.39 is 0 Å². The quantitative estimate of drug-likeness (QED) is 0.681. The highest BCUT2D eigenvalue weighted by atomic mass is 16.1. The Bertz CT molecular complexity index is 161. The average Bonchev–Trinajstić information content (AvgIpc) is 2.71. The van der Waals surface area contributed by atoms with E-state index in [9.17, 15) is 4.79 Å². The SMILES string of the molecule is CC(C)C(N)CC(=O)CC1CC1. The average molecular weight is 169 g/mol. The van der Waals surface area contributed by atoms with Crippen LogP contribution in [-0.2, 0) is 4.79 Å². The van der Waals surface area contributed by atoms with Gasteiger partial charge < -0.3 is 5.73 Å². The number of Topliss-reactive ketones (excluding diaryl/α,β-unsaturated/α-hetero) is 1. The fraction of sp³-hybridized carbons (Fsp3) is 0.900. The van der Waals surface area contributed by atoms with Crippen LogP contribution in [0.4, 0.5) is 0 Å². The molecule has 0 aromatic rings. The lowest BCUT2D eigenvalue weighted by atomic mass is 9.98. The molecule has 1 rings (SSSR count). The van der Waals surface area contributed by atoms with Crippen molar-refractivity contribution in [2.24, 2.45) is 17.6 Å². The first-order valence-corrected chi connectivity index (χ1v) is 4.87. The molecule has 0 aromatic heterocycles. The third-order valence-electron chi connectivity index (χ3n) is 2.53. The Morgan fingerprint density at radius 1 is 1.50 bits per heavy atom. The summed E-state index contributed by atoms with van der Waals surface area (Å²) in [6.45, 7) is 4.13. The van der Waals surface area contributed by atoms with Gasteiger partial charge in [-0.2, -0.15) is 0 Å². The first-order valence-electron chi connectivity index (χ1n) is 4.87. The number of ketones is 1. The Kier molecular flexibility index (Phi) is 3.27. The van der Waals surface area contributed by atoms with E-state index in [4.69, 9.17) is 5.73 Å². The van der Waals surface area contributed by atoms with Gasteiger partial charge in [0.15, 0.2) is 0 Å². The van der Waals surface area contributed by atoms with Gasteiger partial charge in [0.2, 0.25) is 0 Å². The molecule has 2 nitrogen and oxygen atoms in total. The lowest BCUT2D eigenvalue weighted by Crippen LogP contribution is -2.29. The van der Waals surface area contributed by atoms with Crippen molar-refractivity contribution in [2.75, 3.05) is 0 Å². The molecule has 0 aliphatic heterocycles. The Morgan fingerprint density at radius 3 is 2.50 bits per heavy atom. The molecule has 0 saturated heterocycles. The number of carbonyl (C=O) groups excluding carboxylic acids is 1. The van der Waals surface area contributed by atoms with Crippen LogP contribution in [0.3, 0.4) is 0 Å². The predicted octanol–water partition coefficient (Wildman–Crippen LogP) is 1.73. The molecule has 0 heterocycles. The maximum absolute atomic E-state index is 11.3. The first-order chi connectivity index (χ1) is 5.59. The smallest absolute Gasteiger partial charge is 0.134 e. The molecule has 0 aromatic carbocycles. The highest BCUT2D eigenvalue weighted by Gasteiger charge is 2.25. The van der Waals surface area contributed by atoms with E-state index in [1.54, 1.807) is 0 Å². The van der Waals surface area contributed by atoms with Crippen molar-refractivity contribution in [3.8, 4) is 0 Å². The summed E-state index contributed by atoms with van der Waals surface area (Å²) in [7, 11) is 0. The molecule has 70 valence electrons. The van der Waals surface area contributed by atoms with E-state index in [0.717, 1.165) is 6.42 Å². The first kappa shape index (κ1) is 9.72. The summed E-state index contributed by atoms with van der Waals surface area (Å²) in [5.41, 5.74) is 5.79. The Labute approximate surface area is 74.5 Å². The molecule has 1 aliphatic rings. The summed E-state index contributed by atoms with van der Waals surface area (Å²) in [5.74, 6) is 1.49. The Balaban J connectivity index is 2.15. The highest BCUT2D eigenvalue weighted by Crippen LogP contribution is 2.33. The number of carbonyl (C=O) groups is 1. The van der Waals surface area contributed by atoms with Crippen LogP contribution in [0.2, 0.25) is 0 Å².